The minimum Gasteiger partial charge on any atom is -0.341 e. The molecule has 2 heteroatoms. The zero-order valence-electron chi connectivity index (χ0n) is 14.1. The third kappa shape index (κ3) is 1.15. The molecule has 114 valence electrons. The normalized spacial score (nSPS) is 58.5. The first-order valence-electron chi connectivity index (χ1n) is 8.44. The molecule has 0 amide bonds. The average Bonchev–Trinajstić information content (AvgIpc) is 2.90. The highest BCUT2D eigenvalue weighted by molar-refractivity contribution is 5.38. The maximum absolute atomic E-state index is 6.66. The molecule has 3 saturated carbocycles. The second-order valence-electron chi connectivity index (χ2n) is 9.54. The van der Waals surface area contributed by atoms with Crippen LogP contribution in [0.3, 0.4) is 0 Å². The van der Waals surface area contributed by atoms with Crippen LogP contribution in [0.5, 0.6) is 0 Å². The van der Waals surface area contributed by atoms with Gasteiger partial charge in [-0.25, -0.2) is 0 Å². The van der Waals surface area contributed by atoms with Crippen molar-refractivity contribution in [1.29, 1.82) is 0 Å². The molecular formula is C18H30O2. The van der Waals surface area contributed by atoms with E-state index in [1.807, 2.05) is 0 Å². The number of ether oxygens (including phenoxy) is 2. The van der Waals surface area contributed by atoms with E-state index in [9.17, 15) is 0 Å². The Morgan fingerprint density at radius 1 is 0.750 bits per heavy atom. The van der Waals surface area contributed by atoms with Crippen LogP contribution in [0.25, 0.3) is 0 Å². The van der Waals surface area contributed by atoms with Gasteiger partial charge in [0.25, 0.3) is 0 Å². The second kappa shape index (κ2) is 3.15. The van der Waals surface area contributed by atoms with Gasteiger partial charge in [0.2, 0.25) is 0 Å². The Hall–Kier alpha value is -0.0800. The first kappa shape index (κ1) is 13.6. The molecule has 4 aliphatic rings. The summed E-state index contributed by atoms with van der Waals surface area (Å²) in [4.78, 5) is 0. The van der Waals surface area contributed by atoms with E-state index in [0.29, 0.717) is 16.2 Å². The van der Waals surface area contributed by atoms with Gasteiger partial charge in [-0.1, -0.05) is 27.2 Å². The van der Waals surface area contributed by atoms with Crippen molar-refractivity contribution < 1.29 is 9.47 Å². The van der Waals surface area contributed by atoms with Crippen LogP contribution >= 0.6 is 0 Å². The molecule has 0 aromatic rings. The van der Waals surface area contributed by atoms with Crippen molar-refractivity contribution in [2.45, 2.75) is 97.1 Å². The average molecular weight is 278 g/mol. The predicted octanol–water partition coefficient (Wildman–Crippen LogP) is 4.67. The van der Waals surface area contributed by atoms with E-state index in [1.54, 1.807) is 0 Å². The molecular weight excluding hydrogens is 248 g/mol. The lowest BCUT2D eigenvalue weighted by atomic mass is 9.47. The number of hydrogen-bond donors (Lipinski definition) is 0. The van der Waals surface area contributed by atoms with E-state index in [2.05, 4.69) is 41.5 Å². The molecule has 0 aromatic carbocycles. The zero-order chi connectivity index (χ0) is 14.7. The molecule has 4 unspecified atom stereocenters. The van der Waals surface area contributed by atoms with Gasteiger partial charge in [0, 0.05) is 5.41 Å². The molecule has 4 fully saturated rings. The molecule has 0 aromatic heterocycles. The van der Waals surface area contributed by atoms with Gasteiger partial charge in [-0.2, -0.15) is 0 Å². The maximum Gasteiger partial charge on any atom is 0.164 e. The zero-order valence-corrected chi connectivity index (χ0v) is 14.1. The van der Waals surface area contributed by atoms with Crippen LogP contribution < -0.4 is 0 Å². The second-order valence-corrected chi connectivity index (χ2v) is 9.54. The summed E-state index contributed by atoms with van der Waals surface area (Å²) in [5, 5.41) is 0. The van der Waals surface area contributed by atoms with Gasteiger partial charge < -0.3 is 9.47 Å². The van der Waals surface area contributed by atoms with Crippen molar-refractivity contribution >= 4 is 0 Å². The summed E-state index contributed by atoms with van der Waals surface area (Å²) < 4.78 is 13.1. The van der Waals surface area contributed by atoms with Crippen molar-refractivity contribution in [3.63, 3.8) is 0 Å². The standard InChI is InChI=1S/C18H30O2/c1-13(2)8-7-9-15(5)10-11-16(6)18(12-17(13,15)18)20-14(3,4)19-16/h7-12H2,1-6H3. The van der Waals surface area contributed by atoms with Crippen LogP contribution in [0, 0.1) is 16.2 Å². The van der Waals surface area contributed by atoms with E-state index in [4.69, 9.17) is 9.47 Å². The van der Waals surface area contributed by atoms with Crippen molar-refractivity contribution in [2.24, 2.45) is 16.2 Å². The van der Waals surface area contributed by atoms with Crippen LogP contribution in [0.15, 0.2) is 0 Å². The van der Waals surface area contributed by atoms with E-state index < -0.39 is 5.79 Å². The molecule has 2 spiro atoms. The molecule has 1 saturated heterocycles. The molecule has 0 bridgehead atoms. The fourth-order valence-electron chi connectivity index (χ4n) is 7.02. The SMILES string of the molecule is CC1(C)OC2(C)CCC3(C)CCCC(C)(C)C34CC24O1. The van der Waals surface area contributed by atoms with Gasteiger partial charge in [0.15, 0.2) is 5.79 Å². The van der Waals surface area contributed by atoms with Crippen LogP contribution in [-0.4, -0.2) is 17.0 Å². The first-order valence-corrected chi connectivity index (χ1v) is 8.44. The fraction of sp³-hybridized carbons (Fsp3) is 1.00. The summed E-state index contributed by atoms with van der Waals surface area (Å²) in [6, 6.07) is 0. The summed E-state index contributed by atoms with van der Waals surface area (Å²) in [6.07, 6.45) is 7.76. The Balaban J connectivity index is 1.89. The Labute approximate surface area is 123 Å². The van der Waals surface area contributed by atoms with Gasteiger partial charge >= 0.3 is 0 Å². The maximum atomic E-state index is 6.66. The lowest BCUT2D eigenvalue weighted by Gasteiger charge is -2.58. The molecule has 1 aliphatic heterocycles. The highest BCUT2D eigenvalue weighted by Crippen LogP contribution is 2.87. The lowest BCUT2D eigenvalue weighted by molar-refractivity contribution is -0.166. The summed E-state index contributed by atoms with van der Waals surface area (Å²) in [5.74, 6) is -0.420. The molecule has 0 radical (unpaired) electrons. The predicted molar refractivity (Wildman–Crippen MR) is 79.4 cm³/mol. The topological polar surface area (TPSA) is 18.5 Å². The Bertz CT molecular complexity index is 482. The Kier molecular flexibility index (Phi) is 2.14. The van der Waals surface area contributed by atoms with E-state index >= 15 is 0 Å². The van der Waals surface area contributed by atoms with Crippen LogP contribution in [0.4, 0.5) is 0 Å². The lowest BCUT2D eigenvalue weighted by Crippen LogP contribution is -2.59. The van der Waals surface area contributed by atoms with Crippen molar-refractivity contribution in [3.8, 4) is 0 Å². The molecule has 2 nitrogen and oxygen atoms in total. The summed E-state index contributed by atoms with van der Waals surface area (Å²) >= 11 is 0. The van der Waals surface area contributed by atoms with Gasteiger partial charge in [0.05, 0.1) is 5.60 Å². The quantitative estimate of drug-likeness (QED) is 0.641. The van der Waals surface area contributed by atoms with Crippen LogP contribution in [0.2, 0.25) is 0 Å². The Morgan fingerprint density at radius 2 is 1.45 bits per heavy atom. The van der Waals surface area contributed by atoms with Gasteiger partial charge in [-0.05, 0) is 63.7 Å². The fourth-order valence-corrected chi connectivity index (χ4v) is 7.02. The first-order chi connectivity index (χ1) is 9.04. The van der Waals surface area contributed by atoms with Gasteiger partial charge in [0.1, 0.15) is 5.60 Å². The van der Waals surface area contributed by atoms with Crippen molar-refractivity contribution in [3.05, 3.63) is 0 Å². The smallest absolute Gasteiger partial charge is 0.164 e. The summed E-state index contributed by atoms with van der Waals surface area (Å²) in [6.45, 7) is 14.0. The summed E-state index contributed by atoms with van der Waals surface area (Å²) in [5.41, 5.74) is 1.03. The van der Waals surface area contributed by atoms with Crippen LogP contribution in [0.1, 0.15) is 80.1 Å². The van der Waals surface area contributed by atoms with Gasteiger partial charge in [-0.15, -0.1) is 0 Å². The molecule has 0 N–H and O–H groups in total. The number of rotatable bonds is 0. The minimum atomic E-state index is -0.420. The van der Waals surface area contributed by atoms with E-state index in [1.165, 1.54) is 32.1 Å². The van der Waals surface area contributed by atoms with E-state index in [-0.39, 0.29) is 11.2 Å². The molecule has 4 atom stereocenters. The molecule has 3 aliphatic carbocycles. The Morgan fingerprint density at radius 3 is 2.15 bits per heavy atom. The molecule has 20 heavy (non-hydrogen) atoms. The largest absolute Gasteiger partial charge is 0.341 e. The van der Waals surface area contributed by atoms with Gasteiger partial charge in [-0.3, -0.25) is 0 Å². The highest BCUT2D eigenvalue weighted by atomic mass is 16.8. The molecule has 4 rings (SSSR count). The molecule has 1 heterocycles. The van der Waals surface area contributed by atoms with Crippen LogP contribution in [-0.2, 0) is 9.47 Å². The van der Waals surface area contributed by atoms with Crippen molar-refractivity contribution in [2.75, 3.05) is 0 Å². The third-order valence-electron chi connectivity index (χ3n) is 7.69. The number of hydrogen-bond acceptors (Lipinski definition) is 2. The van der Waals surface area contributed by atoms with E-state index in [0.717, 1.165) is 6.42 Å². The van der Waals surface area contributed by atoms with Crippen molar-refractivity contribution in [1.82, 2.24) is 0 Å². The third-order valence-corrected chi connectivity index (χ3v) is 7.69. The summed E-state index contributed by atoms with van der Waals surface area (Å²) in [7, 11) is 0. The monoisotopic (exact) mass is 278 g/mol. The highest BCUT2D eigenvalue weighted by Gasteiger charge is 2.90. The minimum absolute atomic E-state index is 0.0274.